The Morgan fingerprint density at radius 2 is 1.76 bits per heavy atom. The van der Waals surface area contributed by atoms with Crippen molar-refractivity contribution in [2.45, 2.75) is 50.7 Å². The first-order valence-electron chi connectivity index (χ1n) is 7.21. The smallest absolute Gasteiger partial charge is 0.321 e. The van der Waals surface area contributed by atoms with Crippen molar-refractivity contribution in [1.29, 1.82) is 0 Å². The number of hydrogen-bond acceptors (Lipinski definition) is 1. The normalized spacial score (nSPS) is 21.1. The third-order valence-electron chi connectivity index (χ3n) is 3.88. The van der Waals surface area contributed by atoms with Gasteiger partial charge in [-0.2, -0.15) is 13.2 Å². The zero-order valence-electron chi connectivity index (χ0n) is 11.7. The monoisotopic (exact) mass is 301 g/mol. The lowest BCUT2D eigenvalue weighted by Crippen LogP contribution is -2.20. The van der Waals surface area contributed by atoms with Gasteiger partial charge in [0.05, 0.1) is 11.6 Å². The third-order valence-corrected chi connectivity index (χ3v) is 3.88. The van der Waals surface area contributed by atoms with E-state index in [2.05, 4.69) is 0 Å². The van der Waals surface area contributed by atoms with Crippen LogP contribution in [0.5, 0.6) is 0 Å². The number of halogens is 4. The summed E-state index contributed by atoms with van der Waals surface area (Å²) in [5.74, 6) is -0.695. The van der Waals surface area contributed by atoms with E-state index < -0.39 is 23.6 Å². The van der Waals surface area contributed by atoms with Crippen molar-refractivity contribution in [1.82, 2.24) is 0 Å². The second-order valence-corrected chi connectivity index (χ2v) is 5.44. The van der Waals surface area contributed by atoms with Crippen molar-refractivity contribution < 1.29 is 17.6 Å². The van der Waals surface area contributed by atoms with E-state index in [1.165, 1.54) is 0 Å². The molecule has 5 heteroatoms. The zero-order chi connectivity index (χ0) is 15.5. The summed E-state index contributed by atoms with van der Waals surface area (Å²) < 4.78 is 52.5. The van der Waals surface area contributed by atoms with Gasteiger partial charge in [0.1, 0.15) is 5.82 Å². The standard InChI is InChI=1S/C16H19F4N/c17-12-8-9-14(16(18,19)20)13(10-12)15(21)11-6-4-2-1-3-5-7-11/h6,8-10,15H,1-5,7,21H2/b11-6+. The molecule has 21 heavy (non-hydrogen) atoms. The van der Waals surface area contributed by atoms with E-state index in [1.807, 2.05) is 6.08 Å². The highest BCUT2D eigenvalue weighted by atomic mass is 19.4. The van der Waals surface area contributed by atoms with E-state index in [0.717, 1.165) is 55.9 Å². The van der Waals surface area contributed by atoms with Gasteiger partial charge in [-0.3, -0.25) is 0 Å². The summed E-state index contributed by atoms with van der Waals surface area (Å²) >= 11 is 0. The topological polar surface area (TPSA) is 26.0 Å². The molecule has 1 nitrogen and oxygen atoms in total. The average Bonchev–Trinajstić information content (AvgIpc) is 2.36. The van der Waals surface area contributed by atoms with Gasteiger partial charge in [-0.15, -0.1) is 0 Å². The fourth-order valence-electron chi connectivity index (χ4n) is 2.75. The van der Waals surface area contributed by atoms with Gasteiger partial charge in [0, 0.05) is 0 Å². The number of hydrogen-bond donors (Lipinski definition) is 1. The highest BCUT2D eigenvalue weighted by Crippen LogP contribution is 2.37. The van der Waals surface area contributed by atoms with Crippen LogP contribution in [-0.4, -0.2) is 0 Å². The Hall–Kier alpha value is -1.36. The van der Waals surface area contributed by atoms with E-state index in [9.17, 15) is 17.6 Å². The maximum atomic E-state index is 13.4. The lowest BCUT2D eigenvalue weighted by Gasteiger charge is -2.22. The van der Waals surface area contributed by atoms with Crippen molar-refractivity contribution in [3.63, 3.8) is 0 Å². The lowest BCUT2D eigenvalue weighted by atomic mass is 9.89. The first-order chi connectivity index (χ1) is 9.89. The molecule has 116 valence electrons. The molecule has 1 aliphatic carbocycles. The van der Waals surface area contributed by atoms with E-state index in [0.29, 0.717) is 6.42 Å². The minimum Gasteiger partial charge on any atom is -0.321 e. The second-order valence-electron chi connectivity index (χ2n) is 5.44. The summed E-state index contributed by atoms with van der Waals surface area (Å²) in [7, 11) is 0. The van der Waals surface area contributed by atoms with Gasteiger partial charge in [0.15, 0.2) is 0 Å². The Bertz CT molecular complexity index is 519. The van der Waals surface area contributed by atoms with E-state index in [1.54, 1.807) is 0 Å². The molecule has 0 aromatic heterocycles. The van der Waals surface area contributed by atoms with Crippen LogP contribution in [-0.2, 0) is 6.18 Å². The van der Waals surface area contributed by atoms with Crippen LogP contribution in [0.15, 0.2) is 29.8 Å². The fourth-order valence-corrected chi connectivity index (χ4v) is 2.75. The van der Waals surface area contributed by atoms with Crippen LogP contribution in [0.2, 0.25) is 0 Å². The van der Waals surface area contributed by atoms with Gasteiger partial charge in [0.2, 0.25) is 0 Å². The molecule has 0 aliphatic heterocycles. The van der Waals surface area contributed by atoms with Gasteiger partial charge in [-0.05, 0) is 49.4 Å². The molecule has 2 rings (SSSR count). The van der Waals surface area contributed by atoms with Gasteiger partial charge >= 0.3 is 6.18 Å². The zero-order valence-corrected chi connectivity index (χ0v) is 11.7. The molecule has 1 atom stereocenters. The number of rotatable bonds is 2. The molecular weight excluding hydrogens is 282 g/mol. The first-order valence-corrected chi connectivity index (χ1v) is 7.21. The molecule has 0 saturated heterocycles. The molecule has 1 aromatic rings. The molecular formula is C16H19F4N. The van der Waals surface area contributed by atoms with Crippen molar-refractivity contribution >= 4 is 0 Å². The Kier molecular flexibility index (Phi) is 5.04. The van der Waals surface area contributed by atoms with Crippen LogP contribution in [0, 0.1) is 5.82 Å². The highest BCUT2D eigenvalue weighted by Gasteiger charge is 2.35. The molecule has 0 heterocycles. The Labute approximate surface area is 121 Å². The summed E-state index contributed by atoms with van der Waals surface area (Å²) in [6.45, 7) is 0. The predicted octanol–water partition coefficient (Wildman–Crippen LogP) is 5.12. The molecule has 0 spiro atoms. The predicted molar refractivity (Wildman–Crippen MR) is 74.1 cm³/mol. The number of benzene rings is 1. The molecule has 1 aliphatic rings. The maximum absolute atomic E-state index is 13.4. The maximum Gasteiger partial charge on any atom is 0.416 e. The Morgan fingerprint density at radius 3 is 2.48 bits per heavy atom. The first kappa shape index (κ1) is 16.0. The minimum absolute atomic E-state index is 0.172. The van der Waals surface area contributed by atoms with Crippen molar-refractivity contribution in [3.8, 4) is 0 Å². The molecule has 1 unspecified atom stereocenters. The molecule has 0 saturated carbocycles. The number of allylic oxidation sites excluding steroid dienone is 1. The SMILES string of the molecule is NC(/C1=C/CCCCCC1)c1cc(F)ccc1C(F)(F)F. The number of nitrogens with two attached hydrogens (primary N) is 1. The molecule has 0 bridgehead atoms. The fraction of sp³-hybridized carbons (Fsp3) is 0.500. The van der Waals surface area contributed by atoms with Crippen LogP contribution in [0.4, 0.5) is 17.6 Å². The van der Waals surface area contributed by atoms with Crippen LogP contribution < -0.4 is 5.73 Å². The summed E-state index contributed by atoms with van der Waals surface area (Å²) in [6, 6.07) is 1.61. The lowest BCUT2D eigenvalue weighted by molar-refractivity contribution is -0.138. The van der Waals surface area contributed by atoms with Gasteiger partial charge in [-0.25, -0.2) is 4.39 Å². The van der Waals surface area contributed by atoms with E-state index in [-0.39, 0.29) is 5.56 Å². The van der Waals surface area contributed by atoms with E-state index in [4.69, 9.17) is 5.73 Å². The second kappa shape index (κ2) is 6.60. The minimum atomic E-state index is -4.52. The Balaban J connectivity index is 2.37. The average molecular weight is 301 g/mol. The van der Waals surface area contributed by atoms with E-state index >= 15 is 0 Å². The Morgan fingerprint density at radius 1 is 1.05 bits per heavy atom. The quantitative estimate of drug-likeness (QED) is 0.595. The molecule has 2 N–H and O–H groups in total. The van der Waals surface area contributed by atoms with Gasteiger partial charge in [-0.1, -0.05) is 24.5 Å². The van der Waals surface area contributed by atoms with Crippen LogP contribution in [0.25, 0.3) is 0 Å². The van der Waals surface area contributed by atoms with Crippen molar-refractivity contribution in [2.24, 2.45) is 5.73 Å². The van der Waals surface area contributed by atoms with Crippen molar-refractivity contribution in [3.05, 3.63) is 46.8 Å². The summed E-state index contributed by atoms with van der Waals surface area (Å²) in [5, 5.41) is 0. The third kappa shape index (κ3) is 4.06. The molecule has 0 fully saturated rings. The van der Waals surface area contributed by atoms with Crippen molar-refractivity contribution in [2.75, 3.05) is 0 Å². The summed E-state index contributed by atoms with van der Waals surface area (Å²) in [5.41, 5.74) is 5.79. The number of alkyl halides is 3. The van der Waals surface area contributed by atoms with Crippen LogP contribution in [0.3, 0.4) is 0 Å². The molecule has 0 radical (unpaired) electrons. The largest absolute Gasteiger partial charge is 0.416 e. The molecule has 1 aromatic carbocycles. The molecule has 0 amide bonds. The summed E-state index contributed by atoms with van der Waals surface area (Å²) in [4.78, 5) is 0. The van der Waals surface area contributed by atoms with Crippen LogP contribution >= 0.6 is 0 Å². The van der Waals surface area contributed by atoms with Gasteiger partial charge in [0.25, 0.3) is 0 Å². The summed E-state index contributed by atoms with van der Waals surface area (Å²) in [6.07, 6.45) is 3.01. The van der Waals surface area contributed by atoms with Crippen LogP contribution in [0.1, 0.15) is 55.7 Å². The highest BCUT2D eigenvalue weighted by molar-refractivity contribution is 5.37. The van der Waals surface area contributed by atoms with Gasteiger partial charge < -0.3 is 5.73 Å².